The highest BCUT2D eigenvalue weighted by Gasteiger charge is 2.34. The second kappa shape index (κ2) is 7.80. The standard InChI is InChI=1S/C21H22N4O3/c26-19(24-14-12-23(13-15-24)16-7-9-22-10-8-16)6-3-11-25-20(27)17-4-1-2-5-18(17)21(25)28/h1-2,4-5,7-10H,3,6,11-15H2/p+1. The number of fused-ring (bicyclic) bond motifs is 1. The first-order chi connectivity index (χ1) is 13.6. The number of hydrogen-bond donors (Lipinski definition) is 0. The first-order valence-corrected chi connectivity index (χ1v) is 9.59. The van der Waals surface area contributed by atoms with E-state index < -0.39 is 0 Å². The molecule has 0 radical (unpaired) electrons. The summed E-state index contributed by atoms with van der Waals surface area (Å²) in [5, 5.41) is 0. The van der Waals surface area contributed by atoms with Crippen molar-refractivity contribution in [1.29, 1.82) is 0 Å². The van der Waals surface area contributed by atoms with Gasteiger partial charge >= 0.3 is 0 Å². The van der Waals surface area contributed by atoms with Crippen molar-refractivity contribution in [3.05, 3.63) is 59.9 Å². The number of H-pyrrole nitrogens is 1. The van der Waals surface area contributed by atoms with Crippen molar-refractivity contribution in [2.75, 3.05) is 37.6 Å². The second-order valence-corrected chi connectivity index (χ2v) is 7.04. The summed E-state index contributed by atoms with van der Waals surface area (Å²) in [6, 6.07) is 10.9. The number of hydrogen-bond acceptors (Lipinski definition) is 4. The van der Waals surface area contributed by atoms with Crippen molar-refractivity contribution in [3.8, 4) is 0 Å². The van der Waals surface area contributed by atoms with Gasteiger partial charge in [0, 0.05) is 57.0 Å². The Labute approximate surface area is 163 Å². The van der Waals surface area contributed by atoms with Gasteiger partial charge in [-0.1, -0.05) is 12.1 Å². The molecule has 3 amide bonds. The summed E-state index contributed by atoms with van der Waals surface area (Å²) in [6.45, 7) is 3.25. The van der Waals surface area contributed by atoms with Gasteiger partial charge in [-0.3, -0.25) is 19.3 Å². The van der Waals surface area contributed by atoms with Crippen LogP contribution in [0.15, 0.2) is 48.8 Å². The number of nitrogens with one attached hydrogen (secondary N) is 1. The third-order valence-electron chi connectivity index (χ3n) is 5.35. The summed E-state index contributed by atoms with van der Waals surface area (Å²) in [4.78, 5) is 45.6. The van der Waals surface area contributed by atoms with E-state index in [0.29, 0.717) is 37.1 Å². The molecule has 0 atom stereocenters. The Morgan fingerprint density at radius 2 is 1.50 bits per heavy atom. The molecular weight excluding hydrogens is 356 g/mol. The molecule has 1 aromatic heterocycles. The summed E-state index contributed by atoms with van der Waals surface area (Å²) in [5.41, 5.74) is 2.05. The van der Waals surface area contributed by atoms with Crippen LogP contribution in [0.5, 0.6) is 0 Å². The predicted molar refractivity (Wildman–Crippen MR) is 103 cm³/mol. The predicted octanol–water partition coefficient (Wildman–Crippen LogP) is 1.23. The van der Waals surface area contributed by atoms with Crippen molar-refractivity contribution in [1.82, 2.24) is 9.80 Å². The largest absolute Gasteiger partial charge is 0.368 e. The Morgan fingerprint density at radius 1 is 0.893 bits per heavy atom. The Kier molecular flexibility index (Phi) is 5.06. The summed E-state index contributed by atoms with van der Waals surface area (Å²) < 4.78 is 0. The smallest absolute Gasteiger partial charge is 0.261 e. The molecule has 1 fully saturated rings. The monoisotopic (exact) mass is 379 g/mol. The molecule has 7 heteroatoms. The Hall–Kier alpha value is -3.22. The van der Waals surface area contributed by atoms with Crippen LogP contribution in [0.1, 0.15) is 33.6 Å². The molecule has 144 valence electrons. The van der Waals surface area contributed by atoms with Crippen LogP contribution >= 0.6 is 0 Å². The van der Waals surface area contributed by atoms with E-state index in [-0.39, 0.29) is 24.3 Å². The van der Waals surface area contributed by atoms with Crippen LogP contribution in [0.25, 0.3) is 0 Å². The average Bonchev–Trinajstić information content (AvgIpc) is 2.99. The van der Waals surface area contributed by atoms with Gasteiger partial charge < -0.3 is 9.80 Å². The Bertz CT molecular complexity index is 857. The van der Waals surface area contributed by atoms with Crippen LogP contribution in [0.3, 0.4) is 0 Å². The maximum atomic E-state index is 12.5. The molecular formula is C21H23N4O3+. The van der Waals surface area contributed by atoms with Gasteiger partial charge in [-0.15, -0.1) is 0 Å². The van der Waals surface area contributed by atoms with Crippen molar-refractivity contribution in [3.63, 3.8) is 0 Å². The number of carbonyl (C=O) groups is 3. The van der Waals surface area contributed by atoms with E-state index in [9.17, 15) is 14.4 Å². The third-order valence-corrected chi connectivity index (χ3v) is 5.35. The molecule has 1 aromatic carbocycles. The highest BCUT2D eigenvalue weighted by molar-refractivity contribution is 6.21. The summed E-state index contributed by atoms with van der Waals surface area (Å²) in [7, 11) is 0. The van der Waals surface area contributed by atoms with E-state index in [1.165, 1.54) is 4.90 Å². The molecule has 28 heavy (non-hydrogen) atoms. The Morgan fingerprint density at radius 3 is 2.11 bits per heavy atom. The molecule has 0 aliphatic carbocycles. The fourth-order valence-corrected chi connectivity index (χ4v) is 3.79. The van der Waals surface area contributed by atoms with Crippen molar-refractivity contribution in [2.45, 2.75) is 12.8 Å². The van der Waals surface area contributed by atoms with Gasteiger partial charge in [0.1, 0.15) is 0 Å². The van der Waals surface area contributed by atoms with Gasteiger partial charge in [0.2, 0.25) is 5.91 Å². The lowest BCUT2D eigenvalue weighted by Crippen LogP contribution is -2.49. The fraction of sp³-hybridized carbons (Fsp3) is 0.333. The lowest BCUT2D eigenvalue weighted by molar-refractivity contribution is -0.377. The van der Waals surface area contributed by atoms with Crippen molar-refractivity contribution in [2.24, 2.45) is 0 Å². The molecule has 0 saturated carbocycles. The minimum absolute atomic E-state index is 0.0812. The van der Waals surface area contributed by atoms with Crippen molar-refractivity contribution >= 4 is 23.4 Å². The average molecular weight is 379 g/mol. The van der Waals surface area contributed by atoms with E-state index in [2.05, 4.69) is 9.88 Å². The van der Waals surface area contributed by atoms with Gasteiger partial charge in [-0.05, 0) is 18.6 Å². The molecule has 2 aliphatic heterocycles. The van der Waals surface area contributed by atoms with Gasteiger partial charge in [-0.25, -0.2) is 4.98 Å². The topological polar surface area (TPSA) is 75.1 Å². The normalized spacial score (nSPS) is 16.5. The van der Waals surface area contributed by atoms with E-state index >= 15 is 0 Å². The lowest BCUT2D eigenvalue weighted by atomic mass is 10.1. The number of nitrogens with zero attached hydrogens (tertiary/aromatic N) is 3. The molecule has 3 heterocycles. The highest BCUT2D eigenvalue weighted by Crippen LogP contribution is 2.23. The summed E-state index contributed by atoms with van der Waals surface area (Å²) in [6.07, 6.45) is 4.62. The second-order valence-electron chi connectivity index (χ2n) is 7.04. The van der Waals surface area contributed by atoms with Gasteiger partial charge in [0.25, 0.3) is 11.8 Å². The van der Waals surface area contributed by atoms with Crippen LogP contribution in [-0.4, -0.2) is 60.2 Å². The van der Waals surface area contributed by atoms with Crippen LogP contribution in [0.2, 0.25) is 0 Å². The number of aromatic amines is 1. The molecule has 0 spiro atoms. The Balaban J connectivity index is 1.25. The number of imide groups is 1. The zero-order valence-electron chi connectivity index (χ0n) is 15.6. The van der Waals surface area contributed by atoms with Gasteiger partial charge in [0.15, 0.2) is 12.4 Å². The number of pyridine rings is 1. The number of rotatable bonds is 5. The first-order valence-electron chi connectivity index (χ1n) is 9.59. The number of anilines is 1. The maximum Gasteiger partial charge on any atom is 0.261 e. The molecule has 1 N–H and O–H groups in total. The van der Waals surface area contributed by atoms with Crippen LogP contribution in [0, 0.1) is 0 Å². The van der Waals surface area contributed by atoms with E-state index in [1.54, 1.807) is 24.3 Å². The zero-order chi connectivity index (χ0) is 19.5. The minimum Gasteiger partial charge on any atom is -0.368 e. The fourth-order valence-electron chi connectivity index (χ4n) is 3.79. The van der Waals surface area contributed by atoms with Gasteiger partial charge in [0.05, 0.1) is 11.1 Å². The molecule has 1 saturated heterocycles. The maximum absolute atomic E-state index is 12.5. The zero-order valence-corrected chi connectivity index (χ0v) is 15.6. The molecule has 4 rings (SSSR count). The molecule has 7 nitrogen and oxygen atoms in total. The van der Waals surface area contributed by atoms with Crippen LogP contribution in [-0.2, 0) is 4.79 Å². The number of piperazine rings is 1. The number of benzene rings is 1. The number of amides is 3. The first kappa shape index (κ1) is 18.2. The highest BCUT2D eigenvalue weighted by atomic mass is 16.2. The quantitative estimate of drug-likeness (QED) is 0.733. The lowest BCUT2D eigenvalue weighted by Gasteiger charge is -2.36. The van der Waals surface area contributed by atoms with E-state index in [1.807, 2.05) is 29.4 Å². The number of aromatic nitrogens is 1. The molecule has 0 unspecified atom stereocenters. The summed E-state index contributed by atoms with van der Waals surface area (Å²) >= 11 is 0. The van der Waals surface area contributed by atoms with Crippen molar-refractivity contribution < 1.29 is 19.4 Å². The van der Waals surface area contributed by atoms with E-state index in [0.717, 1.165) is 18.8 Å². The van der Waals surface area contributed by atoms with Crippen LogP contribution in [0.4, 0.5) is 5.69 Å². The molecule has 2 aromatic rings. The molecule has 2 aliphatic rings. The molecule has 0 bridgehead atoms. The van der Waals surface area contributed by atoms with E-state index in [4.69, 9.17) is 0 Å². The summed E-state index contributed by atoms with van der Waals surface area (Å²) in [5.74, 6) is -0.443. The minimum atomic E-state index is -0.262. The SMILES string of the molecule is O=C(CCCN1C(=O)c2ccccc2C1=O)N1CCN(c2cc[nH+]cc2)CC1. The number of carbonyl (C=O) groups excluding carboxylic acids is 3. The third kappa shape index (κ3) is 3.47. The van der Waals surface area contributed by atoms with Crippen LogP contribution < -0.4 is 9.88 Å². The van der Waals surface area contributed by atoms with Gasteiger partial charge in [-0.2, -0.15) is 0 Å².